The third-order valence-corrected chi connectivity index (χ3v) is 6.40. The summed E-state index contributed by atoms with van der Waals surface area (Å²) >= 11 is 0. The Morgan fingerprint density at radius 2 is 1.93 bits per heavy atom. The van der Waals surface area contributed by atoms with E-state index in [9.17, 15) is 14.4 Å². The fourth-order valence-electron chi connectivity index (χ4n) is 4.60. The van der Waals surface area contributed by atoms with Crippen LogP contribution in [-0.4, -0.2) is 45.4 Å². The van der Waals surface area contributed by atoms with E-state index in [0.717, 1.165) is 37.1 Å². The van der Waals surface area contributed by atoms with Crippen LogP contribution in [0, 0.1) is 11.3 Å². The number of benzene rings is 1. The second kappa shape index (κ2) is 6.57. The molecule has 1 aliphatic carbocycles. The average molecular weight is 396 g/mol. The lowest BCUT2D eigenvalue weighted by Crippen LogP contribution is -2.43. The predicted molar refractivity (Wildman–Crippen MR) is 105 cm³/mol. The first-order valence-electron chi connectivity index (χ1n) is 10.1. The molecule has 1 saturated heterocycles. The van der Waals surface area contributed by atoms with E-state index in [1.54, 1.807) is 7.11 Å². The second-order valence-corrected chi connectivity index (χ2v) is 8.58. The number of ether oxygens (including phenoxy) is 1. The molecule has 8 nitrogen and oxygen atoms in total. The van der Waals surface area contributed by atoms with Crippen molar-refractivity contribution in [3.63, 3.8) is 0 Å². The molecule has 2 aliphatic heterocycles. The number of carbonyl (C=O) groups is 1. The minimum atomic E-state index is -0.606. The Bertz CT molecular complexity index is 1080. The van der Waals surface area contributed by atoms with Crippen molar-refractivity contribution in [3.05, 3.63) is 56.4 Å². The topological polar surface area (TPSA) is 86.4 Å². The van der Waals surface area contributed by atoms with Gasteiger partial charge >= 0.3 is 11.1 Å². The first-order valence-corrected chi connectivity index (χ1v) is 10.1. The average Bonchev–Trinajstić information content (AvgIpc) is 3.41. The molecule has 8 heteroatoms. The highest BCUT2D eigenvalue weighted by Crippen LogP contribution is 2.41. The van der Waals surface area contributed by atoms with Gasteiger partial charge in [-0.3, -0.25) is 19.0 Å². The molecule has 0 N–H and O–H groups in total. The van der Waals surface area contributed by atoms with Gasteiger partial charge in [0.15, 0.2) is 0 Å². The summed E-state index contributed by atoms with van der Waals surface area (Å²) in [6, 6.07) is 7.36. The smallest absolute Gasteiger partial charge is 0.332 e. The molecular formula is C21H24N4O4. The summed E-state index contributed by atoms with van der Waals surface area (Å²) in [4.78, 5) is 39.7. The summed E-state index contributed by atoms with van der Waals surface area (Å²) in [5, 5.41) is 4.52. The number of rotatable bonds is 4. The van der Waals surface area contributed by atoms with Crippen molar-refractivity contribution in [1.29, 1.82) is 0 Å². The normalized spacial score (nSPS) is 22.9. The minimum absolute atomic E-state index is 0.171. The first kappa shape index (κ1) is 18.1. The van der Waals surface area contributed by atoms with Gasteiger partial charge in [-0.15, -0.1) is 0 Å². The fraction of sp³-hybridized carbons (Fsp3) is 0.524. The molecule has 0 radical (unpaired) electrons. The van der Waals surface area contributed by atoms with E-state index in [2.05, 4.69) is 5.10 Å². The van der Waals surface area contributed by atoms with Crippen LogP contribution in [0.5, 0.6) is 5.75 Å². The highest BCUT2D eigenvalue weighted by molar-refractivity contribution is 5.81. The maximum atomic E-state index is 12.7. The van der Waals surface area contributed by atoms with E-state index >= 15 is 0 Å². The van der Waals surface area contributed by atoms with Crippen LogP contribution in [0.25, 0.3) is 0 Å². The summed E-state index contributed by atoms with van der Waals surface area (Å²) < 4.78 is 7.94. The van der Waals surface area contributed by atoms with E-state index < -0.39 is 11.1 Å². The van der Waals surface area contributed by atoms with Gasteiger partial charge in [-0.25, -0.2) is 4.68 Å². The van der Waals surface area contributed by atoms with Crippen molar-refractivity contribution in [2.24, 2.45) is 11.3 Å². The number of aromatic nitrogens is 3. The third-order valence-electron chi connectivity index (χ3n) is 6.40. The maximum Gasteiger partial charge on any atom is 0.332 e. The Kier molecular flexibility index (Phi) is 4.11. The van der Waals surface area contributed by atoms with E-state index in [1.165, 1.54) is 9.25 Å². The largest absolute Gasteiger partial charge is 0.497 e. The summed E-state index contributed by atoms with van der Waals surface area (Å²) in [5.41, 5.74) is -0.424. The Morgan fingerprint density at radius 1 is 1.17 bits per heavy atom. The Labute approximate surface area is 167 Å². The first-order chi connectivity index (χ1) is 14.0. The molecular weight excluding hydrogens is 372 g/mol. The zero-order valence-electron chi connectivity index (χ0n) is 16.5. The van der Waals surface area contributed by atoms with Gasteiger partial charge < -0.3 is 9.64 Å². The second-order valence-electron chi connectivity index (χ2n) is 8.58. The quantitative estimate of drug-likeness (QED) is 0.708. The Morgan fingerprint density at radius 3 is 2.62 bits per heavy atom. The number of hydrogen-bond donors (Lipinski definition) is 0. The number of amides is 1. The van der Waals surface area contributed by atoms with Crippen LogP contribution in [0.3, 0.4) is 0 Å². The zero-order valence-corrected chi connectivity index (χ0v) is 16.5. The number of fused-ring (bicyclic) bond motifs is 1. The van der Waals surface area contributed by atoms with Gasteiger partial charge in [-0.05, 0) is 37.0 Å². The molecule has 3 aliphatic rings. The molecule has 1 saturated carbocycles. The summed E-state index contributed by atoms with van der Waals surface area (Å²) in [6.45, 7) is 2.10. The molecule has 2 fully saturated rings. The number of methoxy groups -OCH3 is 1. The number of hydrogen-bond acceptors (Lipinski definition) is 5. The van der Waals surface area contributed by atoms with Gasteiger partial charge in [0.25, 0.3) is 0 Å². The molecule has 29 heavy (non-hydrogen) atoms. The van der Waals surface area contributed by atoms with Crippen LogP contribution < -0.4 is 15.9 Å². The van der Waals surface area contributed by atoms with Gasteiger partial charge in [0.05, 0.1) is 13.7 Å². The predicted octanol–water partition coefficient (Wildman–Crippen LogP) is 0.647. The van der Waals surface area contributed by atoms with E-state index in [-0.39, 0.29) is 23.8 Å². The molecule has 0 unspecified atom stereocenters. The summed E-state index contributed by atoms with van der Waals surface area (Å²) in [7, 11) is 1.60. The Hall–Kier alpha value is -2.90. The molecule has 1 spiro atoms. The van der Waals surface area contributed by atoms with Gasteiger partial charge in [0.2, 0.25) is 5.91 Å². The van der Waals surface area contributed by atoms with Gasteiger partial charge in [0, 0.05) is 37.4 Å². The monoisotopic (exact) mass is 396 g/mol. The van der Waals surface area contributed by atoms with Gasteiger partial charge in [-0.2, -0.15) is 5.10 Å². The molecule has 1 aromatic carbocycles. The third kappa shape index (κ3) is 3.16. The lowest BCUT2D eigenvalue weighted by atomic mass is 9.86. The van der Waals surface area contributed by atoms with E-state index in [1.807, 2.05) is 29.2 Å². The van der Waals surface area contributed by atoms with Crippen LogP contribution in [0.15, 0.2) is 33.9 Å². The molecule has 5 rings (SSSR count). The summed E-state index contributed by atoms with van der Waals surface area (Å²) in [5.74, 6) is 1.83. The molecule has 1 atom stereocenters. The van der Waals surface area contributed by atoms with Crippen molar-refractivity contribution in [3.8, 4) is 5.75 Å². The van der Waals surface area contributed by atoms with E-state index in [0.29, 0.717) is 25.3 Å². The van der Waals surface area contributed by atoms with Gasteiger partial charge in [-0.1, -0.05) is 12.1 Å². The lowest BCUT2D eigenvalue weighted by Gasteiger charge is -2.22. The van der Waals surface area contributed by atoms with Crippen LogP contribution in [0.4, 0.5) is 0 Å². The van der Waals surface area contributed by atoms with Crippen LogP contribution in [-0.2, 0) is 24.3 Å². The minimum Gasteiger partial charge on any atom is -0.497 e. The van der Waals surface area contributed by atoms with Crippen molar-refractivity contribution >= 4 is 5.91 Å². The molecule has 0 bridgehead atoms. The number of likely N-dealkylation sites (tertiary alicyclic amines) is 1. The Balaban J connectivity index is 1.39. The van der Waals surface area contributed by atoms with Crippen LogP contribution in [0.1, 0.15) is 30.7 Å². The van der Waals surface area contributed by atoms with Crippen molar-refractivity contribution in [2.45, 2.75) is 38.8 Å². The lowest BCUT2D eigenvalue weighted by molar-refractivity contribution is -0.131. The van der Waals surface area contributed by atoms with Crippen molar-refractivity contribution in [1.82, 2.24) is 19.2 Å². The molecule has 1 aromatic heterocycles. The standard InChI is InChI=1S/C21H24N4O4/c1-29-16-6-2-14(3-7-16)11-25-20(28)19(27)24-13-21(10-17(24)22-25)8-9-23(12-21)18(26)15-4-5-15/h2-3,6-7,15H,4-5,8-13H2,1H3/t21-/m0/s1. The molecule has 2 aromatic rings. The van der Waals surface area contributed by atoms with Gasteiger partial charge in [0.1, 0.15) is 11.6 Å². The fourth-order valence-corrected chi connectivity index (χ4v) is 4.60. The van der Waals surface area contributed by atoms with Crippen LogP contribution in [0.2, 0.25) is 0 Å². The highest BCUT2D eigenvalue weighted by Gasteiger charge is 2.47. The molecule has 1 amide bonds. The van der Waals surface area contributed by atoms with Crippen molar-refractivity contribution < 1.29 is 9.53 Å². The number of nitrogens with zero attached hydrogens (tertiary/aromatic N) is 4. The molecule has 3 heterocycles. The zero-order chi connectivity index (χ0) is 20.2. The van der Waals surface area contributed by atoms with E-state index in [4.69, 9.17) is 4.74 Å². The van der Waals surface area contributed by atoms with Crippen molar-refractivity contribution in [2.75, 3.05) is 20.2 Å². The summed E-state index contributed by atoms with van der Waals surface area (Å²) in [6.07, 6.45) is 3.46. The van der Waals surface area contributed by atoms with Crippen LogP contribution >= 0.6 is 0 Å². The SMILES string of the molecule is COc1ccc(Cn2nc3n(c(=O)c2=O)C[C@@]2(CCN(C(=O)C4CC4)C2)C3)cc1. The highest BCUT2D eigenvalue weighted by atomic mass is 16.5. The number of carbonyl (C=O) groups excluding carboxylic acids is 1. The maximum absolute atomic E-state index is 12.7. The molecule has 152 valence electrons.